The van der Waals surface area contributed by atoms with Crippen molar-refractivity contribution in [2.75, 3.05) is 13.2 Å². The fourth-order valence-corrected chi connectivity index (χ4v) is 4.94. The van der Waals surface area contributed by atoms with E-state index >= 15 is 0 Å². The molecular formula is C23H25N5O4S. The number of benzene rings is 1. The topological polar surface area (TPSA) is 99.8 Å². The lowest BCUT2D eigenvalue weighted by atomic mass is 10.1. The molecule has 0 saturated carbocycles. The Bertz CT molecular complexity index is 1390. The van der Waals surface area contributed by atoms with Gasteiger partial charge in [-0.15, -0.1) is 21.5 Å². The minimum Gasteiger partial charge on any atom is -0.486 e. The molecule has 10 heteroatoms. The fourth-order valence-electron chi connectivity index (χ4n) is 4.12. The zero-order valence-electron chi connectivity index (χ0n) is 18.5. The van der Waals surface area contributed by atoms with Gasteiger partial charge in [0.25, 0.3) is 5.56 Å². The minimum absolute atomic E-state index is 0.0423. The molecule has 0 fully saturated rings. The summed E-state index contributed by atoms with van der Waals surface area (Å²) in [6.07, 6.45) is 1.49. The lowest BCUT2D eigenvalue weighted by Gasteiger charge is -2.21. The van der Waals surface area contributed by atoms with E-state index in [4.69, 9.17) is 9.47 Å². The van der Waals surface area contributed by atoms with Crippen LogP contribution >= 0.6 is 11.3 Å². The van der Waals surface area contributed by atoms with Crippen molar-refractivity contribution < 1.29 is 14.3 Å². The van der Waals surface area contributed by atoms with E-state index in [0.717, 1.165) is 23.3 Å². The van der Waals surface area contributed by atoms with Gasteiger partial charge in [0.05, 0.1) is 11.6 Å². The summed E-state index contributed by atoms with van der Waals surface area (Å²) in [4.78, 5) is 25.5. The van der Waals surface area contributed by atoms with Crippen molar-refractivity contribution >= 4 is 33.2 Å². The maximum atomic E-state index is 12.8. The summed E-state index contributed by atoms with van der Waals surface area (Å²) in [7, 11) is 0. The fraction of sp³-hybridized carbons (Fsp3) is 0.391. The van der Waals surface area contributed by atoms with Crippen molar-refractivity contribution in [1.82, 2.24) is 24.5 Å². The summed E-state index contributed by atoms with van der Waals surface area (Å²) < 4.78 is 15.4. The minimum atomic E-state index is -0.179. The van der Waals surface area contributed by atoms with Gasteiger partial charge in [0.2, 0.25) is 11.7 Å². The summed E-state index contributed by atoms with van der Waals surface area (Å²) in [5.74, 6) is 2.53. The SMILES string of the molecule is CCCn1c(=O)c2sccc2n2c(CCC(=O)N[C@H](C)c3ccc4c(c3)OCCO4)nnc12. The van der Waals surface area contributed by atoms with Crippen molar-refractivity contribution in [2.45, 2.75) is 45.7 Å². The van der Waals surface area contributed by atoms with Gasteiger partial charge in [-0.1, -0.05) is 13.0 Å². The number of thiophene rings is 1. The predicted molar refractivity (Wildman–Crippen MR) is 125 cm³/mol. The molecule has 3 aromatic heterocycles. The van der Waals surface area contributed by atoms with Crippen molar-refractivity contribution in [2.24, 2.45) is 0 Å². The van der Waals surface area contributed by atoms with Crippen LogP contribution in [0.25, 0.3) is 16.0 Å². The quantitative estimate of drug-likeness (QED) is 0.448. The number of amides is 1. The van der Waals surface area contributed by atoms with Gasteiger partial charge < -0.3 is 14.8 Å². The monoisotopic (exact) mass is 467 g/mol. The molecule has 0 spiro atoms. The second-order valence-corrected chi connectivity index (χ2v) is 8.95. The first-order valence-corrected chi connectivity index (χ1v) is 12.0. The smallest absolute Gasteiger partial charge is 0.272 e. The maximum Gasteiger partial charge on any atom is 0.272 e. The van der Waals surface area contributed by atoms with Crippen LogP contribution in [0.1, 0.15) is 44.1 Å². The summed E-state index contributed by atoms with van der Waals surface area (Å²) in [5.41, 5.74) is 1.70. The molecule has 1 N–H and O–H groups in total. The molecule has 0 aliphatic carbocycles. The van der Waals surface area contributed by atoms with Crippen LogP contribution in [0.2, 0.25) is 0 Å². The zero-order chi connectivity index (χ0) is 22.9. The van der Waals surface area contributed by atoms with Crippen LogP contribution in [0, 0.1) is 0 Å². The molecule has 0 saturated heterocycles. The van der Waals surface area contributed by atoms with Gasteiger partial charge in [0.1, 0.15) is 23.7 Å². The van der Waals surface area contributed by atoms with E-state index in [9.17, 15) is 9.59 Å². The van der Waals surface area contributed by atoms with Gasteiger partial charge in [-0.2, -0.15) is 0 Å². The lowest BCUT2D eigenvalue weighted by molar-refractivity contribution is -0.121. The van der Waals surface area contributed by atoms with Gasteiger partial charge in [-0.05, 0) is 42.5 Å². The van der Waals surface area contributed by atoms with E-state index in [1.807, 2.05) is 47.9 Å². The van der Waals surface area contributed by atoms with Crippen LogP contribution in [0.15, 0.2) is 34.4 Å². The first-order valence-electron chi connectivity index (χ1n) is 11.1. The molecule has 1 aromatic carbocycles. The van der Waals surface area contributed by atoms with Gasteiger partial charge in [0, 0.05) is 19.4 Å². The number of aromatic nitrogens is 4. The highest BCUT2D eigenvalue weighted by atomic mass is 32.1. The molecule has 1 amide bonds. The Kier molecular flexibility index (Phi) is 5.76. The number of hydrogen-bond acceptors (Lipinski definition) is 7. The Morgan fingerprint density at radius 3 is 2.85 bits per heavy atom. The molecule has 4 aromatic rings. The molecule has 1 aliphatic rings. The van der Waals surface area contributed by atoms with Crippen LogP contribution in [0.5, 0.6) is 11.5 Å². The van der Waals surface area contributed by atoms with Crippen LogP contribution in [0.3, 0.4) is 0 Å². The highest BCUT2D eigenvalue weighted by Gasteiger charge is 2.19. The third kappa shape index (κ3) is 3.95. The van der Waals surface area contributed by atoms with Crippen molar-refractivity contribution in [3.63, 3.8) is 0 Å². The first kappa shape index (κ1) is 21.4. The molecule has 1 aliphatic heterocycles. The Hall–Kier alpha value is -3.40. The Labute approximate surface area is 194 Å². The van der Waals surface area contributed by atoms with Crippen LogP contribution in [0.4, 0.5) is 0 Å². The standard InChI is InChI=1S/C23H25N5O4S/c1-3-9-27-22(30)21-16(8-12-33-21)28-19(25-26-23(27)28)6-7-20(29)24-14(2)15-4-5-17-18(13-15)32-11-10-31-17/h4-5,8,12-14H,3,6-7,9-11H2,1-2H3,(H,24,29)/t14-/m1/s1. The molecule has 33 heavy (non-hydrogen) atoms. The third-order valence-corrected chi connectivity index (χ3v) is 6.64. The molecule has 172 valence electrons. The average Bonchev–Trinajstić information content (AvgIpc) is 3.47. The van der Waals surface area contributed by atoms with E-state index in [0.29, 0.717) is 48.2 Å². The molecule has 0 bridgehead atoms. The number of nitrogens with one attached hydrogen (secondary N) is 1. The van der Waals surface area contributed by atoms with Gasteiger partial charge >= 0.3 is 0 Å². The summed E-state index contributed by atoms with van der Waals surface area (Å²) in [5, 5.41) is 13.5. The number of carbonyl (C=O) groups is 1. The van der Waals surface area contributed by atoms with Crippen LogP contribution in [-0.2, 0) is 17.8 Å². The average molecular weight is 468 g/mol. The van der Waals surface area contributed by atoms with E-state index in [2.05, 4.69) is 15.5 Å². The highest BCUT2D eigenvalue weighted by molar-refractivity contribution is 7.17. The second kappa shape index (κ2) is 8.86. The number of hydrogen-bond donors (Lipinski definition) is 1. The highest BCUT2D eigenvalue weighted by Crippen LogP contribution is 2.32. The number of rotatable bonds is 7. The number of aryl methyl sites for hydroxylation is 2. The molecule has 4 heterocycles. The van der Waals surface area contributed by atoms with Gasteiger partial charge in [0.15, 0.2) is 11.5 Å². The Balaban J connectivity index is 1.33. The molecule has 9 nitrogen and oxygen atoms in total. The molecular weight excluding hydrogens is 442 g/mol. The molecule has 0 radical (unpaired) electrons. The third-order valence-electron chi connectivity index (χ3n) is 5.75. The lowest BCUT2D eigenvalue weighted by Crippen LogP contribution is -2.27. The number of nitrogens with zero attached hydrogens (tertiary/aromatic N) is 4. The van der Waals surface area contributed by atoms with Crippen LogP contribution in [-0.4, -0.2) is 38.3 Å². The van der Waals surface area contributed by atoms with E-state index in [-0.39, 0.29) is 23.9 Å². The maximum absolute atomic E-state index is 12.8. The second-order valence-electron chi connectivity index (χ2n) is 8.04. The Morgan fingerprint density at radius 2 is 2.03 bits per heavy atom. The normalized spacial score (nSPS) is 14.0. The van der Waals surface area contributed by atoms with Gasteiger partial charge in [-0.25, -0.2) is 0 Å². The summed E-state index contributed by atoms with van der Waals surface area (Å²) >= 11 is 1.41. The Morgan fingerprint density at radius 1 is 1.21 bits per heavy atom. The van der Waals surface area contributed by atoms with Crippen molar-refractivity contribution in [1.29, 1.82) is 0 Å². The van der Waals surface area contributed by atoms with E-state index in [1.54, 1.807) is 4.57 Å². The van der Waals surface area contributed by atoms with Crippen molar-refractivity contribution in [3.8, 4) is 11.5 Å². The van der Waals surface area contributed by atoms with Gasteiger partial charge in [-0.3, -0.25) is 18.6 Å². The largest absolute Gasteiger partial charge is 0.486 e. The van der Waals surface area contributed by atoms with Crippen LogP contribution < -0.4 is 20.3 Å². The molecule has 0 unspecified atom stereocenters. The number of ether oxygens (including phenoxy) is 2. The van der Waals surface area contributed by atoms with E-state index < -0.39 is 0 Å². The van der Waals surface area contributed by atoms with E-state index in [1.165, 1.54) is 11.3 Å². The summed E-state index contributed by atoms with van der Waals surface area (Å²) in [6, 6.07) is 7.44. The summed E-state index contributed by atoms with van der Waals surface area (Å²) in [6.45, 7) is 5.59. The number of carbonyl (C=O) groups excluding carboxylic acids is 1. The molecule has 5 rings (SSSR count). The predicted octanol–water partition coefficient (Wildman–Crippen LogP) is 3.10. The molecule has 1 atom stereocenters. The zero-order valence-corrected chi connectivity index (χ0v) is 19.4. The van der Waals surface area contributed by atoms with Crippen molar-refractivity contribution in [3.05, 3.63) is 51.4 Å². The first-order chi connectivity index (χ1) is 16.1. The number of fused-ring (bicyclic) bond motifs is 4.